The third kappa shape index (κ3) is 2.68. The van der Waals surface area contributed by atoms with Crippen LogP contribution in [0.15, 0.2) is 41.8 Å². The monoisotopic (exact) mass is 247 g/mol. The fraction of sp³-hybridized carbons (Fsp3) is 0.231. The van der Waals surface area contributed by atoms with Crippen molar-refractivity contribution in [2.75, 3.05) is 13.2 Å². The Morgan fingerprint density at radius 3 is 2.72 bits per heavy atom. The van der Waals surface area contributed by atoms with E-state index in [-0.39, 0.29) is 18.1 Å². The van der Waals surface area contributed by atoms with Crippen molar-refractivity contribution in [3.05, 3.63) is 47.4 Å². The standard InChI is InChI=1S/C13H13NO4/c15-10-8-18-12(11(10)13(16)17)14-7-6-9-4-2-1-3-5-9/h1-5,14H,6-8H2,(H,16,17). The summed E-state index contributed by atoms with van der Waals surface area (Å²) < 4.78 is 5.02. The average Bonchev–Trinajstić information content (AvgIpc) is 2.72. The second kappa shape index (κ2) is 5.35. The van der Waals surface area contributed by atoms with Crippen molar-refractivity contribution in [3.63, 3.8) is 0 Å². The van der Waals surface area contributed by atoms with Crippen molar-refractivity contribution in [3.8, 4) is 0 Å². The maximum Gasteiger partial charge on any atom is 0.344 e. The number of carboxylic acid groups (broad SMARTS) is 1. The molecule has 0 radical (unpaired) electrons. The number of hydrogen-bond donors (Lipinski definition) is 2. The van der Waals surface area contributed by atoms with Gasteiger partial charge in [0, 0.05) is 6.54 Å². The zero-order valence-electron chi connectivity index (χ0n) is 9.68. The lowest BCUT2D eigenvalue weighted by atomic mass is 10.1. The van der Waals surface area contributed by atoms with E-state index in [1.807, 2.05) is 30.3 Å². The highest BCUT2D eigenvalue weighted by Crippen LogP contribution is 2.13. The summed E-state index contributed by atoms with van der Waals surface area (Å²) in [4.78, 5) is 22.1. The van der Waals surface area contributed by atoms with Gasteiger partial charge in [-0.05, 0) is 12.0 Å². The number of carbonyl (C=O) groups is 2. The number of ketones is 1. The predicted octanol–water partition coefficient (Wildman–Crippen LogP) is 0.714. The molecular formula is C13H13NO4. The summed E-state index contributed by atoms with van der Waals surface area (Å²) in [5.74, 6) is -1.67. The molecule has 1 aromatic carbocycles. The van der Waals surface area contributed by atoms with E-state index < -0.39 is 11.8 Å². The SMILES string of the molecule is O=C(O)C1=C(NCCc2ccccc2)OCC1=O. The maximum absolute atomic E-state index is 11.3. The Hall–Kier alpha value is -2.30. The van der Waals surface area contributed by atoms with Crippen LogP contribution in [0, 0.1) is 0 Å². The molecule has 0 fully saturated rings. The molecule has 0 amide bonds. The van der Waals surface area contributed by atoms with Gasteiger partial charge in [0.05, 0.1) is 0 Å². The molecule has 0 unspecified atom stereocenters. The Balaban J connectivity index is 1.94. The van der Waals surface area contributed by atoms with Gasteiger partial charge >= 0.3 is 5.97 Å². The molecule has 0 atom stereocenters. The summed E-state index contributed by atoms with van der Waals surface area (Å²) in [5, 5.41) is 11.7. The minimum absolute atomic E-state index is 0.0726. The first kappa shape index (κ1) is 12.2. The van der Waals surface area contributed by atoms with Crippen molar-refractivity contribution in [2.24, 2.45) is 0 Å². The Kier molecular flexibility index (Phi) is 3.62. The normalized spacial score (nSPS) is 14.6. The Labute approximate surface area is 104 Å². The molecular weight excluding hydrogens is 234 g/mol. The van der Waals surface area contributed by atoms with Gasteiger partial charge in [-0.15, -0.1) is 0 Å². The predicted molar refractivity (Wildman–Crippen MR) is 63.8 cm³/mol. The molecule has 18 heavy (non-hydrogen) atoms. The quantitative estimate of drug-likeness (QED) is 0.750. The number of ether oxygens (including phenoxy) is 1. The fourth-order valence-electron chi connectivity index (χ4n) is 1.73. The highest BCUT2D eigenvalue weighted by molar-refractivity contribution is 6.18. The van der Waals surface area contributed by atoms with E-state index in [9.17, 15) is 9.59 Å². The lowest BCUT2D eigenvalue weighted by molar-refractivity contribution is -0.134. The van der Waals surface area contributed by atoms with E-state index in [0.29, 0.717) is 6.54 Å². The van der Waals surface area contributed by atoms with E-state index in [4.69, 9.17) is 9.84 Å². The summed E-state index contributed by atoms with van der Waals surface area (Å²) >= 11 is 0. The molecule has 0 saturated carbocycles. The number of carboxylic acids is 1. The molecule has 2 N–H and O–H groups in total. The van der Waals surface area contributed by atoms with Crippen LogP contribution in [0.4, 0.5) is 0 Å². The third-order valence-electron chi connectivity index (χ3n) is 2.61. The van der Waals surface area contributed by atoms with Crippen molar-refractivity contribution in [1.29, 1.82) is 0 Å². The van der Waals surface area contributed by atoms with Crippen LogP contribution >= 0.6 is 0 Å². The number of nitrogens with one attached hydrogen (secondary N) is 1. The molecule has 1 heterocycles. The Bertz CT molecular complexity index is 493. The van der Waals surface area contributed by atoms with Crippen LogP contribution in [0.2, 0.25) is 0 Å². The van der Waals surface area contributed by atoms with E-state index >= 15 is 0 Å². The number of aliphatic carboxylic acids is 1. The molecule has 2 rings (SSSR count). The molecule has 0 saturated heterocycles. The van der Waals surface area contributed by atoms with Crippen LogP contribution < -0.4 is 5.32 Å². The number of hydrogen-bond acceptors (Lipinski definition) is 4. The average molecular weight is 247 g/mol. The van der Waals surface area contributed by atoms with Gasteiger partial charge in [0.15, 0.2) is 12.2 Å². The van der Waals surface area contributed by atoms with E-state index in [1.54, 1.807) is 0 Å². The van der Waals surface area contributed by atoms with Crippen molar-refractivity contribution in [1.82, 2.24) is 5.32 Å². The van der Waals surface area contributed by atoms with Gasteiger partial charge in [-0.3, -0.25) is 4.79 Å². The second-order valence-electron chi connectivity index (χ2n) is 3.88. The van der Waals surface area contributed by atoms with Crippen molar-refractivity contribution < 1.29 is 19.4 Å². The Morgan fingerprint density at radius 1 is 1.33 bits per heavy atom. The summed E-state index contributed by atoms with van der Waals surface area (Å²) in [6.07, 6.45) is 0.731. The van der Waals surface area contributed by atoms with Gasteiger partial charge in [-0.25, -0.2) is 4.79 Å². The highest BCUT2D eigenvalue weighted by atomic mass is 16.5. The first-order valence-electron chi connectivity index (χ1n) is 5.60. The molecule has 5 nitrogen and oxygen atoms in total. The summed E-state index contributed by atoms with van der Waals surface area (Å²) in [7, 11) is 0. The summed E-state index contributed by atoms with van der Waals surface area (Å²) in [5.41, 5.74) is 0.842. The molecule has 0 aliphatic carbocycles. The van der Waals surface area contributed by atoms with Crippen LogP contribution in [-0.2, 0) is 20.7 Å². The van der Waals surface area contributed by atoms with Gasteiger partial charge in [0.2, 0.25) is 11.7 Å². The second-order valence-corrected chi connectivity index (χ2v) is 3.88. The molecule has 94 valence electrons. The van der Waals surface area contributed by atoms with Gasteiger partial charge < -0.3 is 15.2 Å². The van der Waals surface area contributed by atoms with Crippen molar-refractivity contribution in [2.45, 2.75) is 6.42 Å². The Morgan fingerprint density at radius 2 is 2.06 bits per heavy atom. The zero-order valence-corrected chi connectivity index (χ0v) is 9.68. The fourth-order valence-corrected chi connectivity index (χ4v) is 1.73. The molecule has 1 aliphatic heterocycles. The molecule has 1 aliphatic rings. The molecule has 1 aromatic rings. The van der Waals surface area contributed by atoms with E-state index in [1.165, 1.54) is 0 Å². The lowest BCUT2D eigenvalue weighted by Gasteiger charge is -2.07. The highest BCUT2D eigenvalue weighted by Gasteiger charge is 2.30. The van der Waals surface area contributed by atoms with Crippen molar-refractivity contribution >= 4 is 11.8 Å². The largest absolute Gasteiger partial charge is 0.477 e. The van der Waals surface area contributed by atoms with Crippen LogP contribution in [0.3, 0.4) is 0 Å². The topological polar surface area (TPSA) is 75.6 Å². The number of benzene rings is 1. The van der Waals surface area contributed by atoms with Crippen LogP contribution in [-0.4, -0.2) is 30.0 Å². The molecule has 0 aromatic heterocycles. The van der Waals surface area contributed by atoms with Crippen LogP contribution in [0.1, 0.15) is 5.56 Å². The minimum atomic E-state index is -1.25. The lowest BCUT2D eigenvalue weighted by Crippen LogP contribution is -2.20. The van der Waals surface area contributed by atoms with Crippen LogP contribution in [0.25, 0.3) is 0 Å². The summed E-state index contributed by atoms with van der Waals surface area (Å²) in [6.45, 7) is 0.318. The molecule has 0 spiro atoms. The van der Waals surface area contributed by atoms with Gasteiger partial charge in [-0.1, -0.05) is 30.3 Å². The maximum atomic E-state index is 11.3. The van der Waals surface area contributed by atoms with Gasteiger partial charge in [-0.2, -0.15) is 0 Å². The first-order valence-corrected chi connectivity index (χ1v) is 5.60. The number of Topliss-reactive ketones (excluding diaryl/α,β-unsaturated/α-hetero) is 1. The molecule has 5 heteroatoms. The smallest absolute Gasteiger partial charge is 0.344 e. The van der Waals surface area contributed by atoms with Gasteiger partial charge in [0.25, 0.3) is 0 Å². The first-order chi connectivity index (χ1) is 8.68. The zero-order chi connectivity index (χ0) is 13.0. The summed E-state index contributed by atoms with van der Waals surface area (Å²) in [6, 6.07) is 9.77. The third-order valence-corrected chi connectivity index (χ3v) is 2.61. The van der Waals surface area contributed by atoms with E-state index in [2.05, 4.69) is 5.32 Å². The molecule has 0 bridgehead atoms. The van der Waals surface area contributed by atoms with Crippen LogP contribution in [0.5, 0.6) is 0 Å². The number of carbonyl (C=O) groups excluding carboxylic acids is 1. The minimum Gasteiger partial charge on any atom is -0.477 e. The van der Waals surface area contributed by atoms with E-state index in [0.717, 1.165) is 12.0 Å². The number of rotatable bonds is 5. The van der Waals surface area contributed by atoms with Gasteiger partial charge in [0.1, 0.15) is 0 Å².